The van der Waals surface area contributed by atoms with Crippen LogP contribution in [0.25, 0.3) is 0 Å². The van der Waals surface area contributed by atoms with Crippen LogP contribution >= 0.6 is 0 Å². The molecule has 0 aromatic carbocycles. The minimum Gasteiger partial charge on any atom is -0.481 e. The summed E-state index contributed by atoms with van der Waals surface area (Å²) in [6, 6.07) is 0. The van der Waals surface area contributed by atoms with Gasteiger partial charge < -0.3 is 15.7 Å². The molecule has 0 saturated heterocycles. The van der Waals surface area contributed by atoms with Gasteiger partial charge in [0.25, 0.3) is 0 Å². The van der Waals surface area contributed by atoms with E-state index in [1.165, 1.54) is 6.92 Å². The lowest BCUT2D eigenvalue weighted by atomic mass is 10.1. The maximum Gasteiger partial charge on any atom is 0.308 e. The summed E-state index contributed by atoms with van der Waals surface area (Å²) in [5.74, 6) is -1.80. The molecule has 0 aliphatic carbocycles. The van der Waals surface area contributed by atoms with Crippen LogP contribution in [0.3, 0.4) is 0 Å². The van der Waals surface area contributed by atoms with Crippen molar-refractivity contribution >= 4 is 17.8 Å². The predicted octanol–water partition coefficient (Wildman–Crippen LogP) is 0.520. The van der Waals surface area contributed by atoms with Gasteiger partial charge in [-0.1, -0.05) is 13.8 Å². The normalized spacial score (nSPS) is 11.7. The maximum absolute atomic E-state index is 11.3. The largest absolute Gasteiger partial charge is 0.481 e. The summed E-state index contributed by atoms with van der Waals surface area (Å²) in [4.78, 5) is 33.1. The van der Waals surface area contributed by atoms with Crippen molar-refractivity contribution in [3.05, 3.63) is 0 Å². The van der Waals surface area contributed by atoms with Crippen LogP contribution in [0, 0.1) is 5.92 Å². The first-order valence-electron chi connectivity index (χ1n) is 6.23. The lowest BCUT2D eigenvalue weighted by Crippen LogP contribution is -2.31. The Hall–Kier alpha value is -1.59. The third-order valence-corrected chi connectivity index (χ3v) is 2.41. The molecule has 2 amide bonds. The zero-order valence-electron chi connectivity index (χ0n) is 11.0. The third-order valence-electron chi connectivity index (χ3n) is 2.41. The van der Waals surface area contributed by atoms with Crippen molar-refractivity contribution in [1.29, 1.82) is 0 Å². The number of aliphatic carboxylic acids is 1. The van der Waals surface area contributed by atoms with Crippen LogP contribution in [0.4, 0.5) is 0 Å². The Kier molecular flexibility index (Phi) is 8.61. The molecule has 6 heteroatoms. The minimum absolute atomic E-state index is 0.0523. The summed E-state index contributed by atoms with van der Waals surface area (Å²) < 4.78 is 0. The van der Waals surface area contributed by atoms with E-state index >= 15 is 0 Å². The Morgan fingerprint density at radius 2 is 1.67 bits per heavy atom. The molecule has 0 rings (SSSR count). The van der Waals surface area contributed by atoms with Crippen LogP contribution in [0.5, 0.6) is 0 Å². The Morgan fingerprint density at radius 3 is 2.17 bits per heavy atom. The molecule has 0 saturated carbocycles. The quantitative estimate of drug-likeness (QED) is 0.562. The number of amides is 2. The first kappa shape index (κ1) is 16.4. The van der Waals surface area contributed by atoms with E-state index in [1.807, 2.05) is 6.92 Å². The molecule has 104 valence electrons. The van der Waals surface area contributed by atoms with Crippen molar-refractivity contribution in [2.75, 3.05) is 13.1 Å². The molecule has 3 N–H and O–H groups in total. The van der Waals surface area contributed by atoms with Gasteiger partial charge in [0.05, 0.1) is 5.92 Å². The average molecular weight is 258 g/mol. The van der Waals surface area contributed by atoms with E-state index in [0.717, 1.165) is 6.42 Å². The van der Waals surface area contributed by atoms with Crippen LogP contribution in [0.1, 0.15) is 39.5 Å². The van der Waals surface area contributed by atoms with E-state index in [-0.39, 0.29) is 24.8 Å². The molecule has 0 bridgehead atoms. The predicted molar refractivity (Wildman–Crippen MR) is 67.0 cm³/mol. The van der Waals surface area contributed by atoms with Gasteiger partial charge in [0, 0.05) is 25.9 Å². The standard InChI is InChI=1S/C12H22N2O4/c1-3-7-13-10(15)5-4-6-11(16)14-8-9(2)12(17)18/h9H,3-8H2,1-2H3,(H,13,15)(H,14,16)(H,17,18). The zero-order valence-corrected chi connectivity index (χ0v) is 11.0. The average Bonchev–Trinajstić information content (AvgIpc) is 2.33. The maximum atomic E-state index is 11.3. The molecule has 0 aliphatic rings. The second kappa shape index (κ2) is 9.44. The number of rotatable bonds is 9. The highest BCUT2D eigenvalue weighted by Crippen LogP contribution is 1.97. The van der Waals surface area contributed by atoms with Gasteiger partial charge in [0.2, 0.25) is 11.8 Å². The van der Waals surface area contributed by atoms with E-state index in [9.17, 15) is 14.4 Å². The van der Waals surface area contributed by atoms with Crippen LogP contribution in [-0.4, -0.2) is 36.0 Å². The fourth-order valence-corrected chi connectivity index (χ4v) is 1.20. The fourth-order valence-electron chi connectivity index (χ4n) is 1.20. The molecule has 0 heterocycles. The molecule has 1 atom stereocenters. The van der Waals surface area contributed by atoms with Crippen LogP contribution in [-0.2, 0) is 14.4 Å². The second-order valence-corrected chi connectivity index (χ2v) is 4.25. The Bertz CT molecular complexity index is 292. The van der Waals surface area contributed by atoms with Gasteiger partial charge in [-0.05, 0) is 12.8 Å². The number of carboxylic acids is 1. The van der Waals surface area contributed by atoms with Crippen molar-refractivity contribution < 1.29 is 19.5 Å². The molecule has 1 unspecified atom stereocenters. The van der Waals surface area contributed by atoms with Gasteiger partial charge in [-0.25, -0.2) is 0 Å². The summed E-state index contributed by atoms with van der Waals surface area (Å²) >= 11 is 0. The third kappa shape index (κ3) is 8.55. The molecule has 0 aliphatic heterocycles. The molecular weight excluding hydrogens is 236 g/mol. The van der Waals surface area contributed by atoms with Crippen molar-refractivity contribution in [3.63, 3.8) is 0 Å². The van der Waals surface area contributed by atoms with Crippen molar-refractivity contribution in [1.82, 2.24) is 10.6 Å². The molecule has 6 nitrogen and oxygen atoms in total. The monoisotopic (exact) mass is 258 g/mol. The van der Waals surface area contributed by atoms with E-state index in [2.05, 4.69) is 10.6 Å². The lowest BCUT2D eigenvalue weighted by molar-refractivity contribution is -0.141. The van der Waals surface area contributed by atoms with E-state index < -0.39 is 11.9 Å². The molecule has 18 heavy (non-hydrogen) atoms. The Labute approximate surface area is 107 Å². The molecule has 0 aromatic rings. The molecule has 0 radical (unpaired) electrons. The summed E-state index contributed by atoms with van der Waals surface area (Å²) in [5, 5.41) is 13.9. The number of hydrogen-bond acceptors (Lipinski definition) is 3. The van der Waals surface area contributed by atoms with Crippen LogP contribution in [0.15, 0.2) is 0 Å². The summed E-state index contributed by atoms with van der Waals surface area (Å²) in [6.45, 7) is 4.27. The smallest absolute Gasteiger partial charge is 0.308 e. The number of hydrogen-bond donors (Lipinski definition) is 3. The van der Waals surface area contributed by atoms with Gasteiger partial charge in [-0.2, -0.15) is 0 Å². The van der Waals surface area contributed by atoms with Gasteiger partial charge in [-0.15, -0.1) is 0 Å². The molecule has 0 spiro atoms. The fraction of sp³-hybridized carbons (Fsp3) is 0.750. The van der Waals surface area contributed by atoms with E-state index in [1.54, 1.807) is 0 Å². The van der Waals surface area contributed by atoms with E-state index in [4.69, 9.17) is 5.11 Å². The SMILES string of the molecule is CCCNC(=O)CCCC(=O)NCC(C)C(=O)O. The topological polar surface area (TPSA) is 95.5 Å². The van der Waals surface area contributed by atoms with Crippen molar-refractivity contribution in [2.24, 2.45) is 5.92 Å². The zero-order chi connectivity index (χ0) is 14.0. The molecular formula is C12H22N2O4. The highest BCUT2D eigenvalue weighted by Gasteiger charge is 2.12. The summed E-state index contributed by atoms with van der Waals surface area (Å²) in [7, 11) is 0. The number of carbonyl (C=O) groups is 3. The van der Waals surface area contributed by atoms with Gasteiger partial charge in [-0.3, -0.25) is 14.4 Å². The Morgan fingerprint density at radius 1 is 1.11 bits per heavy atom. The molecule has 0 fully saturated rings. The first-order valence-corrected chi connectivity index (χ1v) is 6.23. The van der Waals surface area contributed by atoms with Gasteiger partial charge >= 0.3 is 5.97 Å². The number of carboxylic acid groups (broad SMARTS) is 1. The van der Waals surface area contributed by atoms with Crippen LogP contribution < -0.4 is 10.6 Å². The van der Waals surface area contributed by atoms with E-state index in [0.29, 0.717) is 19.4 Å². The Balaban J connectivity index is 3.59. The number of carbonyl (C=O) groups excluding carboxylic acids is 2. The molecule has 0 aromatic heterocycles. The number of nitrogens with one attached hydrogen (secondary N) is 2. The lowest BCUT2D eigenvalue weighted by Gasteiger charge is -2.08. The van der Waals surface area contributed by atoms with Crippen molar-refractivity contribution in [2.45, 2.75) is 39.5 Å². The van der Waals surface area contributed by atoms with Crippen molar-refractivity contribution in [3.8, 4) is 0 Å². The van der Waals surface area contributed by atoms with Gasteiger partial charge in [0.15, 0.2) is 0 Å². The second-order valence-electron chi connectivity index (χ2n) is 4.25. The summed E-state index contributed by atoms with van der Waals surface area (Å²) in [5.41, 5.74) is 0. The van der Waals surface area contributed by atoms with Gasteiger partial charge in [0.1, 0.15) is 0 Å². The first-order chi connectivity index (χ1) is 8.47. The summed E-state index contributed by atoms with van der Waals surface area (Å²) in [6.07, 6.45) is 1.93. The highest BCUT2D eigenvalue weighted by atomic mass is 16.4. The highest BCUT2D eigenvalue weighted by molar-refractivity contribution is 5.79. The van der Waals surface area contributed by atoms with Crippen LogP contribution in [0.2, 0.25) is 0 Å². The minimum atomic E-state index is -0.936.